The van der Waals surface area contributed by atoms with Crippen LogP contribution in [0, 0.1) is 0 Å². The number of urea groups is 1. The Morgan fingerprint density at radius 3 is 2.56 bits per heavy atom. The highest BCUT2D eigenvalue weighted by Crippen LogP contribution is 2.15. The predicted molar refractivity (Wildman–Crippen MR) is 103 cm³/mol. The molecule has 6 heteroatoms. The quantitative estimate of drug-likeness (QED) is 0.847. The van der Waals surface area contributed by atoms with Gasteiger partial charge in [0.05, 0.1) is 11.8 Å². The van der Waals surface area contributed by atoms with Crippen LogP contribution < -0.4 is 5.32 Å². The van der Waals surface area contributed by atoms with Crippen LogP contribution in [-0.2, 0) is 6.54 Å². The lowest BCUT2D eigenvalue weighted by Gasteiger charge is -2.33. The van der Waals surface area contributed by atoms with E-state index in [9.17, 15) is 9.59 Å². The normalized spacial score (nSPS) is 14.8. The minimum Gasteiger partial charge on any atom is -0.472 e. The Hall–Kier alpha value is -2.76. The standard InChI is InChI=1S/C21H27N3O3/c1-2-11-24(15-17-6-4-3-5-7-17)21(26)22-19-8-12-23(13-9-19)20(25)18-10-14-27-16-18/h3-7,10,14,16,19H,2,8-9,11-13,15H2,1H3,(H,22,26). The molecule has 144 valence electrons. The highest BCUT2D eigenvalue weighted by Gasteiger charge is 2.26. The van der Waals surface area contributed by atoms with Gasteiger partial charge in [-0.1, -0.05) is 37.3 Å². The summed E-state index contributed by atoms with van der Waals surface area (Å²) in [5.41, 5.74) is 1.70. The summed E-state index contributed by atoms with van der Waals surface area (Å²) in [6, 6.07) is 11.8. The van der Waals surface area contributed by atoms with E-state index in [1.807, 2.05) is 40.1 Å². The lowest BCUT2D eigenvalue weighted by Crippen LogP contribution is -2.50. The fourth-order valence-electron chi connectivity index (χ4n) is 3.39. The predicted octanol–water partition coefficient (Wildman–Crippen LogP) is 3.51. The van der Waals surface area contributed by atoms with Crippen molar-refractivity contribution < 1.29 is 14.0 Å². The van der Waals surface area contributed by atoms with E-state index < -0.39 is 0 Å². The second-order valence-corrected chi connectivity index (χ2v) is 6.94. The van der Waals surface area contributed by atoms with Gasteiger partial charge in [-0.3, -0.25) is 4.79 Å². The van der Waals surface area contributed by atoms with E-state index in [0.29, 0.717) is 25.2 Å². The van der Waals surface area contributed by atoms with Crippen LogP contribution in [-0.4, -0.2) is 47.4 Å². The van der Waals surface area contributed by atoms with E-state index in [1.54, 1.807) is 6.07 Å². The van der Waals surface area contributed by atoms with E-state index >= 15 is 0 Å². The molecule has 1 aromatic carbocycles. The largest absolute Gasteiger partial charge is 0.472 e. The van der Waals surface area contributed by atoms with Crippen molar-refractivity contribution in [1.82, 2.24) is 15.1 Å². The second kappa shape index (κ2) is 9.26. The average Bonchev–Trinajstić information content (AvgIpc) is 3.23. The number of nitrogens with zero attached hydrogens (tertiary/aromatic N) is 2. The Morgan fingerprint density at radius 1 is 1.19 bits per heavy atom. The molecule has 3 rings (SSSR count). The topological polar surface area (TPSA) is 65.8 Å². The van der Waals surface area contributed by atoms with Crippen molar-refractivity contribution in [1.29, 1.82) is 0 Å². The summed E-state index contributed by atoms with van der Waals surface area (Å²) in [4.78, 5) is 28.8. The summed E-state index contributed by atoms with van der Waals surface area (Å²) in [6.45, 7) is 4.69. The molecule has 2 aromatic rings. The molecule has 0 saturated carbocycles. The summed E-state index contributed by atoms with van der Waals surface area (Å²) in [6.07, 6.45) is 5.43. The van der Waals surface area contributed by atoms with Crippen LogP contribution in [0.4, 0.5) is 4.79 Å². The smallest absolute Gasteiger partial charge is 0.317 e. The molecule has 2 heterocycles. The molecule has 1 aliphatic heterocycles. The Labute approximate surface area is 160 Å². The van der Waals surface area contributed by atoms with Crippen LogP contribution >= 0.6 is 0 Å². The number of piperidine rings is 1. The molecule has 6 nitrogen and oxygen atoms in total. The van der Waals surface area contributed by atoms with Gasteiger partial charge in [-0.15, -0.1) is 0 Å². The Bertz CT molecular complexity index is 722. The minimum atomic E-state index is -0.0275. The van der Waals surface area contributed by atoms with Crippen LogP contribution in [0.2, 0.25) is 0 Å². The van der Waals surface area contributed by atoms with Crippen molar-refractivity contribution in [3.63, 3.8) is 0 Å². The average molecular weight is 369 g/mol. The lowest BCUT2D eigenvalue weighted by molar-refractivity contribution is 0.0705. The summed E-state index contributed by atoms with van der Waals surface area (Å²) < 4.78 is 4.99. The number of likely N-dealkylation sites (tertiary alicyclic amines) is 1. The first-order valence-corrected chi connectivity index (χ1v) is 9.58. The van der Waals surface area contributed by atoms with Gasteiger partial charge in [0.15, 0.2) is 0 Å². The van der Waals surface area contributed by atoms with Crippen molar-refractivity contribution in [3.8, 4) is 0 Å². The molecular weight excluding hydrogens is 342 g/mol. The van der Waals surface area contributed by atoms with Gasteiger partial charge in [-0.2, -0.15) is 0 Å². The van der Waals surface area contributed by atoms with Gasteiger partial charge in [0, 0.05) is 32.2 Å². The third-order valence-electron chi connectivity index (χ3n) is 4.87. The fraction of sp³-hybridized carbons (Fsp3) is 0.429. The van der Waals surface area contributed by atoms with Gasteiger partial charge in [0.25, 0.3) is 5.91 Å². The highest BCUT2D eigenvalue weighted by molar-refractivity contribution is 5.93. The molecule has 1 fully saturated rings. The van der Waals surface area contributed by atoms with Crippen LogP contribution in [0.25, 0.3) is 0 Å². The lowest BCUT2D eigenvalue weighted by atomic mass is 10.0. The van der Waals surface area contributed by atoms with Gasteiger partial charge >= 0.3 is 6.03 Å². The molecule has 0 aliphatic carbocycles. The first-order valence-electron chi connectivity index (χ1n) is 9.58. The Kier molecular flexibility index (Phi) is 6.52. The van der Waals surface area contributed by atoms with Crippen LogP contribution in [0.5, 0.6) is 0 Å². The maximum Gasteiger partial charge on any atom is 0.317 e. The number of furan rings is 1. The molecular formula is C21H27N3O3. The van der Waals surface area contributed by atoms with E-state index in [1.165, 1.54) is 12.5 Å². The molecule has 0 unspecified atom stereocenters. The fourth-order valence-corrected chi connectivity index (χ4v) is 3.39. The van der Waals surface area contributed by atoms with Crippen molar-refractivity contribution in [2.45, 2.75) is 38.8 Å². The van der Waals surface area contributed by atoms with Gasteiger partial charge in [0.1, 0.15) is 6.26 Å². The number of hydrogen-bond acceptors (Lipinski definition) is 3. The van der Waals surface area contributed by atoms with Gasteiger partial charge in [-0.25, -0.2) is 4.79 Å². The number of rotatable bonds is 6. The molecule has 3 amide bonds. The molecule has 1 N–H and O–H groups in total. The van der Waals surface area contributed by atoms with Gasteiger partial charge in [0.2, 0.25) is 0 Å². The number of carbonyl (C=O) groups is 2. The van der Waals surface area contributed by atoms with Crippen LogP contribution in [0.1, 0.15) is 42.1 Å². The molecule has 0 spiro atoms. The SMILES string of the molecule is CCCN(Cc1ccccc1)C(=O)NC1CCN(C(=O)c2ccoc2)CC1. The van der Waals surface area contributed by atoms with Gasteiger partial charge in [-0.05, 0) is 30.9 Å². The number of hydrogen-bond donors (Lipinski definition) is 1. The minimum absolute atomic E-state index is 0.00906. The third kappa shape index (κ3) is 5.12. The third-order valence-corrected chi connectivity index (χ3v) is 4.87. The molecule has 1 aliphatic rings. The number of benzene rings is 1. The molecule has 0 radical (unpaired) electrons. The number of nitrogens with one attached hydrogen (secondary N) is 1. The monoisotopic (exact) mass is 369 g/mol. The van der Waals surface area contributed by atoms with Crippen molar-refractivity contribution in [3.05, 3.63) is 60.1 Å². The molecule has 0 bridgehead atoms. The van der Waals surface area contributed by atoms with E-state index in [0.717, 1.165) is 31.4 Å². The first kappa shape index (κ1) is 19.0. The van der Waals surface area contributed by atoms with Crippen molar-refractivity contribution >= 4 is 11.9 Å². The number of carbonyl (C=O) groups excluding carboxylic acids is 2. The van der Waals surface area contributed by atoms with Crippen LogP contribution in [0.3, 0.4) is 0 Å². The van der Waals surface area contributed by atoms with E-state index in [2.05, 4.69) is 12.2 Å². The maximum atomic E-state index is 12.7. The summed E-state index contributed by atoms with van der Waals surface area (Å²) in [7, 11) is 0. The zero-order valence-electron chi connectivity index (χ0n) is 15.8. The zero-order chi connectivity index (χ0) is 19.1. The summed E-state index contributed by atoms with van der Waals surface area (Å²) >= 11 is 0. The van der Waals surface area contributed by atoms with Crippen LogP contribution in [0.15, 0.2) is 53.3 Å². The van der Waals surface area contributed by atoms with Gasteiger partial charge < -0.3 is 19.5 Å². The highest BCUT2D eigenvalue weighted by atomic mass is 16.3. The number of amides is 3. The first-order chi connectivity index (χ1) is 13.2. The maximum absolute atomic E-state index is 12.7. The van der Waals surface area contributed by atoms with Crippen molar-refractivity contribution in [2.24, 2.45) is 0 Å². The Morgan fingerprint density at radius 2 is 1.93 bits per heavy atom. The summed E-state index contributed by atoms with van der Waals surface area (Å²) in [5.74, 6) is -0.00906. The van der Waals surface area contributed by atoms with E-state index in [4.69, 9.17) is 4.42 Å². The second-order valence-electron chi connectivity index (χ2n) is 6.94. The zero-order valence-corrected chi connectivity index (χ0v) is 15.8. The molecule has 1 aromatic heterocycles. The molecule has 0 atom stereocenters. The van der Waals surface area contributed by atoms with Crippen molar-refractivity contribution in [2.75, 3.05) is 19.6 Å². The molecule has 27 heavy (non-hydrogen) atoms. The van der Waals surface area contributed by atoms with E-state index in [-0.39, 0.29) is 18.0 Å². The molecule has 1 saturated heterocycles. The Balaban J connectivity index is 1.50. The summed E-state index contributed by atoms with van der Waals surface area (Å²) in [5, 5.41) is 3.15.